The van der Waals surface area contributed by atoms with E-state index in [9.17, 15) is 0 Å². The molecule has 16 heavy (non-hydrogen) atoms. The molecule has 2 rings (SSSR count). The second-order valence-electron chi connectivity index (χ2n) is 3.08. The Morgan fingerprint density at radius 3 is 2.75 bits per heavy atom. The monoisotopic (exact) mass is 314 g/mol. The minimum Gasteiger partial charge on any atom is -0.397 e. The molecule has 0 aliphatic rings. The molecule has 0 fully saturated rings. The maximum Gasteiger partial charge on any atom is 0.124 e. The molecule has 82 valence electrons. The predicted octanol–water partition coefficient (Wildman–Crippen LogP) is 4.23. The topological polar surface area (TPSA) is 38.9 Å². The first-order valence-electron chi connectivity index (χ1n) is 4.50. The van der Waals surface area contributed by atoms with Crippen LogP contribution in [0.15, 0.2) is 50.9 Å². The minimum absolute atomic E-state index is 0.638. The van der Waals surface area contributed by atoms with E-state index in [1.54, 1.807) is 6.20 Å². The van der Waals surface area contributed by atoms with E-state index in [0.29, 0.717) is 10.7 Å². The number of pyridine rings is 1. The molecule has 0 atom stereocenters. The molecule has 0 spiro atoms. The number of benzene rings is 1. The molecule has 2 N–H and O–H groups in total. The SMILES string of the molecule is Nc1cc(Br)cnc1Sc1ccccc1Cl. The number of hydrogen-bond donors (Lipinski definition) is 1. The van der Waals surface area contributed by atoms with Gasteiger partial charge in [-0.1, -0.05) is 35.5 Å². The first kappa shape index (κ1) is 11.8. The first-order chi connectivity index (χ1) is 7.66. The third-order valence-electron chi connectivity index (χ3n) is 1.89. The molecule has 0 bridgehead atoms. The van der Waals surface area contributed by atoms with Crippen LogP contribution in [0.3, 0.4) is 0 Å². The quantitative estimate of drug-likeness (QED) is 0.901. The Bertz CT molecular complexity index is 519. The van der Waals surface area contributed by atoms with Gasteiger partial charge in [-0.2, -0.15) is 0 Å². The highest BCUT2D eigenvalue weighted by molar-refractivity contribution is 9.10. The molecule has 0 aliphatic heterocycles. The molecular weight excluding hydrogens is 308 g/mol. The van der Waals surface area contributed by atoms with Gasteiger partial charge in [-0.25, -0.2) is 4.98 Å². The summed E-state index contributed by atoms with van der Waals surface area (Å²) in [6, 6.07) is 9.44. The van der Waals surface area contributed by atoms with Gasteiger partial charge in [0, 0.05) is 15.6 Å². The Kier molecular flexibility index (Phi) is 3.74. The Balaban J connectivity index is 2.31. The summed E-state index contributed by atoms with van der Waals surface area (Å²) in [5.41, 5.74) is 6.50. The van der Waals surface area contributed by atoms with Gasteiger partial charge in [0.15, 0.2) is 0 Å². The molecule has 2 aromatic rings. The van der Waals surface area contributed by atoms with E-state index in [1.807, 2.05) is 30.3 Å². The van der Waals surface area contributed by atoms with Crippen molar-refractivity contribution in [3.63, 3.8) is 0 Å². The Labute approximate surface area is 111 Å². The lowest BCUT2D eigenvalue weighted by molar-refractivity contribution is 1.13. The molecule has 5 heteroatoms. The summed E-state index contributed by atoms with van der Waals surface area (Å²) in [5, 5.41) is 1.47. The lowest BCUT2D eigenvalue weighted by Crippen LogP contribution is -1.91. The van der Waals surface area contributed by atoms with Crippen molar-refractivity contribution in [2.24, 2.45) is 0 Å². The predicted molar refractivity (Wildman–Crippen MR) is 71.9 cm³/mol. The van der Waals surface area contributed by atoms with Gasteiger partial charge in [0.2, 0.25) is 0 Å². The first-order valence-corrected chi connectivity index (χ1v) is 6.49. The maximum absolute atomic E-state index is 6.06. The highest BCUT2D eigenvalue weighted by Crippen LogP contribution is 2.35. The standard InChI is InChI=1S/C11H8BrClN2S/c12-7-5-9(14)11(15-6-7)16-10-4-2-1-3-8(10)13/h1-6H,14H2. The van der Waals surface area contributed by atoms with Gasteiger partial charge < -0.3 is 5.73 Å². The van der Waals surface area contributed by atoms with Crippen molar-refractivity contribution in [2.45, 2.75) is 9.92 Å². The maximum atomic E-state index is 6.06. The zero-order valence-corrected chi connectivity index (χ0v) is 11.3. The van der Waals surface area contributed by atoms with E-state index in [1.165, 1.54) is 11.8 Å². The lowest BCUT2D eigenvalue weighted by atomic mass is 10.4. The second-order valence-corrected chi connectivity index (χ2v) is 5.43. The van der Waals surface area contributed by atoms with Gasteiger partial charge in [0.05, 0.1) is 10.7 Å². The van der Waals surface area contributed by atoms with Crippen LogP contribution >= 0.6 is 39.3 Å². The van der Waals surface area contributed by atoms with E-state index in [2.05, 4.69) is 20.9 Å². The minimum atomic E-state index is 0.638. The van der Waals surface area contributed by atoms with Crippen LogP contribution in [0.5, 0.6) is 0 Å². The van der Waals surface area contributed by atoms with Crippen LogP contribution in [-0.4, -0.2) is 4.98 Å². The summed E-state index contributed by atoms with van der Waals surface area (Å²) in [4.78, 5) is 5.20. The van der Waals surface area contributed by atoms with Gasteiger partial charge in [0.1, 0.15) is 5.03 Å². The van der Waals surface area contributed by atoms with E-state index < -0.39 is 0 Å². The number of anilines is 1. The van der Waals surface area contributed by atoms with Crippen molar-refractivity contribution in [1.82, 2.24) is 4.98 Å². The average molecular weight is 316 g/mol. The van der Waals surface area contributed by atoms with Crippen LogP contribution in [0.25, 0.3) is 0 Å². The highest BCUT2D eigenvalue weighted by Gasteiger charge is 2.06. The molecule has 0 unspecified atom stereocenters. The van der Waals surface area contributed by atoms with Crippen molar-refractivity contribution >= 4 is 45.0 Å². The molecule has 2 nitrogen and oxygen atoms in total. The van der Waals surface area contributed by atoms with Crippen LogP contribution in [0.2, 0.25) is 5.02 Å². The molecule has 0 saturated heterocycles. The van der Waals surface area contributed by atoms with Crippen molar-refractivity contribution in [3.8, 4) is 0 Å². The van der Waals surface area contributed by atoms with Crippen molar-refractivity contribution in [2.75, 3.05) is 5.73 Å². The smallest absolute Gasteiger partial charge is 0.124 e. The number of aromatic nitrogens is 1. The Hall–Kier alpha value is -0.710. The highest BCUT2D eigenvalue weighted by atomic mass is 79.9. The second kappa shape index (κ2) is 5.08. The largest absolute Gasteiger partial charge is 0.397 e. The molecule has 1 aromatic heterocycles. The fourth-order valence-corrected chi connectivity index (χ4v) is 2.56. The van der Waals surface area contributed by atoms with E-state index in [0.717, 1.165) is 14.4 Å². The summed E-state index contributed by atoms with van der Waals surface area (Å²) < 4.78 is 0.869. The van der Waals surface area contributed by atoms with Gasteiger partial charge in [-0.05, 0) is 34.1 Å². The third-order valence-corrected chi connectivity index (χ3v) is 3.87. The molecule has 1 aromatic carbocycles. The van der Waals surface area contributed by atoms with Gasteiger partial charge in [-0.15, -0.1) is 0 Å². The van der Waals surface area contributed by atoms with E-state index >= 15 is 0 Å². The summed E-state index contributed by atoms with van der Waals surface area (Å²) >= 11 is 10.8. The molecule has 0 aliphatic carbocycles. The zero-order valence-electron chi connectivity index (χ0n) is 8.15. The number of rotatable bonds is 2. The fraction of sp³-hybridized carbons (Fsp3) is 0. The number of nitrogens with two attached hydrogens (primary N) is 1. The van der Waals surface area contributed by atoms with Crippen LogP contribution in [0.1, 0.15) is 0 Å². The molecule has 0 saturated carbocycles. The Morgan fingerprint density at radius 1 is 1.31 bits per heavy atom. The summed E-state index contributed by atoms with van der Waals surface area (Å²) in [7, 11) is 0. The number of nitrogen functional groups attached to an aromatic ring is 1. The van der Waals surface area contributed by atoms with Gasteiger partial charge >= 0.3 is 0 Å². The number of hydrogen-bond acceptors (Lipinski definition) is 3. The van der Waals surface area contributed by atoms with Gasteiger partial charge in [0.25, 0.3) is 0 Å². The van der Waals surface area contributed by atoms with Crippen LogP contribution in [0.4, 0.5) is 5.69 Å². The third kappa shape index (κ3) is 2.70. The van der Waals surface area contributed by atoms with E-state index in [-0.39, 0.29) is 0 Å². The molecule has 0 amide bonds. The number of halogens is 2. The van der Waals surface area contributed by atoms with Crippen molar-refractivity contribution in [3.05, 3.63) is 46.0 Å². The Morgan fingerprint density at radius 2 is 2.06 bits per heavy atom. The van der Waals surface area contributed by atoms with Gasteiger partial charge in [-0.3, -0.25) is 0 Å². The lowest BCUT2D eigenvalue weighted by Gasteiger charge is -2.05. The molecule has 0 radical (unpaired) electrons. The van der Waals surface area contributed by atoms with Crippen molar-refractivity contribution in [1.29, 1.82) is 0 Å². The van der Waals surface area contributed by atoms with E-state index in [4.69, 9.17) is 17.3 Å². The zero-order chi connectivity index (χ0) is 11.5. The normalized spacial score (nSPS) is 10.4. The van der Waals surface area contributed by atoms with Crippen molar-refractivity contribution < 1.29 is 0 Å². The van der Waals surface area contributed by atoms with Crippen LogP contribution in [-0.2, 0) is 0 Å². The summed E-state index contributed by atoms with van der Waals surface area (Å²) in [6.45, 7) is 0. The fourth-order valence-electron chi connectivity index (χ4n) is 1.16. The van der Waals surface area contributed by atoms with Crippen LogP contribution < -0.4 is 5.73 Å². The molecular formula is C11H8BrClN2S. The number of nitrogens with zero attached hydrogens (tertiary/aromatic N) is 1. The summed E-state index contributed by atoms with van der Waals surface area (Å²) in [6.07, 6.45) is 1.72. The molecule has 1 heterocycles. The summed E-state index contributed by atoms with van der Waals surface area (Å²) in [5.74, 6) is 0. The average Bonchev–Trinajstić information content (AvgIpc) is 2.25. The van der Waals surface area contributed by atoms with Crippen LogP contribution in [0, 0.1) is 0 Å².